The molecule has 2 aromatic rings. The zero-order valence-electron chi connectivity index (χ0n) is 9.15. The first kappa shape index (κ1) is 12.1. The van der Waals surface area contributed by atoms with Crippen molar-refractivity contribution in [2.24, 2.45) is 0 Å². The van der Waals surface area contributed by atoms with Gasteiger partial charge in [-0.3, -0.25) is 10.1 Å². The molecule has 0 fully saturated rings. The average molecular weight is 252 g/mol. The summed E-state index contributed by atoms with van der Waals surface area (Å²) in [7, 11) is 0. The Labute approximate surface area is 101 Å². The largest absolute Gasteiger partial charge is 0.396 e. The Morgan fingerprint density at radius 2 is 2.28 bits per heavy atom. The number of rotatable bonds is 4. The first-order valence-electron chi connectivity index (χ1n) is 5.08. The maximum absolute atomic E-state index is 13.6. The number of aromatic nitrogens is 3. The Balaban J connectivity index is 2.35. The summed E-state index contributed by atoms with van der Waals surface area (Å²) in [6, 6.07) is 3.26. The zero-order valence-corrected chi connectivity index (χ0v) is 9.15. The van der Waals surface area contributed by atoms with Gasteiger partial charge in [0.05, 0.1) is 22.9 Å². The van der Waals surface area contributed by atoms with E-state index in [1.807, 2.05) is 0 Å². The predicted molar refractivity (Wildman–Crippen MR) is 58.8 cm³/mol. The van der Waals surface area contributed by atoms with Crippen LogP contribution in [0.5, 0.6) is 0 Å². The summed E-state index contributed by atoms with van der Waals surface area (Å²) < 4.78 is 14.8. The van der Waals surface area contributed by atoms with Gasteiger partial charge in [-0.2, -0.15) is 0 Å². The molecule has 0 saturated carbocycles. The third-order valence-electron chi connectivity index (χ3n) is 2.30. The Morgan fingerprint density at radius 3 is 2.89 bits per heavy atom. The summed E-state index contributed by atoms with van der Waals surface area (Å²) in [5, 5.41) is 26.6. The molecule has 0 atom stereocenters. The summed E-state index contributed by atoms with van der Waals surface area (Å²) in [6.07, 6.45) is 1.77. The van der Waals surface area contributed by atoms with Crippen LogP contribution in [0, 0.1) is 15.9 Å². The molecule has 18 heavy (non-hydrogen) atoms. The highest BCUT2D eigenvalue weighted by molar-refractivity contribution is 5.41. The second-order valence-electron chi connectivity index (χ2n) is 3.52. The quantitative estimate of drug-likeness (QED) is 0.643. The van der Waals surface area contributed by atoms with Crippen molar-refractivity contribution in [2.45, 2.75) is 6.42 Å². The average Bonchev–Trinajstić information content (AvgIpc) is 2.77. The van der Waals surface area contributed by atoms with E-state index in [0.29, 0.717) is 12.1 Å². The number of nitrogens with zero attached hydrogens (tertiary/aromatic N) is 4. The van der Waals surface area contributed by atoms with Gasteiger partial charge in [-0.05, 0) is 6.07 Å². The molecule has 0 bridgehead atoms. The van der Waals surface area contributed by atoms with E-state index in [1.54, 1.807) is 0 Å². The first-order valence-corrected chi connectivity index (χ1v) is 5.08. The van der Waals surface area contributed by atoms with E-state index in [-0.39, 0.29) is 18.0 Å². The van der Waals surface area contributed by atoms with E-state index in [2.05, 4.69) is 10.3 Å². The van der Waals surface area contributed by atoms with Gasteiger partial charge in [0.15, 0.2) is 5.82 Å². The van der Waals surface area contributed by atoms with Crippen molar-refractivity contribution in [1.29, 1.82) is 0 Å². The molecule has 1 aromatic heterocycles. The van der Waals surface area contributed by atoms with E-state index < -0.39 is 10.7 Å². The Bertz CT molecular complexity index is 584. The third-order valence-corrected chi connectivity index (χ3v) is 2.30. The van der Waals surface area contributed by atoms with Crippen molar-refractivity contribution in [2.75, 3.05) is 6.61 Å². The fraction of sp³-hybridized carbons (Fsp3) is 0.200. The van der Waals surface area contributed by atoms with Crippen molar-refractivity contribution in [1.82, 2.24) is 15.0 Å². The van der Waals surface area contributed by atoms with Crippen molar-refractivity contribution >= 4 is 5.69 Å². The van der Waals surface area contributed by atoms with E-state index in [4.69, 9.17) is 5.11 Å². The molecule has 1 heterocycles. The fourth-order valence-electron chi connectivity index (χ4n) is 1.44. The number of aliphatic hydroxyl groups is 1. The van der Waals surface area contributed by atoms with Crippen LogP contribution in [0.3, 0.4) is 0 Å². The van der Waals surface area contributed by atoms with E-state index in [9.17, 15) is 14.5 Å². The topological polar surface area (TPSA) is 94.1 Å². The molecule has 94 valence electrons. The van der Waals surface area contributed by atoms with Gasteiger partial charge in [0.2, 0.25) is 0 Å². The summed E-state index contributed by atoms with van der Waals surface area (Å²) in [5.41, 5.74) is 0.250. The first-order chi connectivity index (χ1) is 8.61. The Kier molecular flexibility index (Phi) is 3.28. The molecule has 1 aromatic carbocycles. The minimum atomic E-state index is -0.760. The summed E-state index contributed by atoms with van der Waals surface area (Å²) in [5.74, 6) is -0.760. The smallest absolute Gasteiger partial charge is 0.272 e. The van der Waals surface area contributed by atoms with Crippen molar-refractivity contribution in [3.63, 3.8) is 0 Å². The number of hydrogen-bond acceptors (Lipinski definition) is 5. The standard InChI is InChI=1S/C10H9FN4O3/c11-9-5-8(15(17)18)1-2-10(9)14-6-7(3-4-16)12-13-14/h1-2,5-6,16H,3-4H2. The Morgan fingerprint density at radius 1 is 1.50 bits per heavy atom. The lowest BCUT2D eigenvalue weighted by Crippen LogP contribution is -1.99. The van der Waals surface area contributed by atoms with Crippen LogP contribution in [0.1, 0.15) is 5.69 Å². The molecule has 0 amide bonds. The lowest BCUT2D eigenvalue weighted by molar-refractivity contribution is -0.385. The molecule has 0 saturated heterocycles. The third kappa shape index (κ3) is 2.33. The highest BCUT2D eigenvalue weighted by Crippen LogP contribution is 2.19. The SMILES string of the molecule is O=[N+]([O-])c1ccc(-n2cc(CCO)nn2)c(F)c1. The van der Waals surface area contributed by atoms with Crippen molar-refractivity contribution < 1.29 is 14.4 Å². The van der Waals surface area contributed by atoms with Gasteiger partial charge >= 0.3 is 0 Å². The van der Waals surface area contributed by atoms with Gasteiger partial charge in [0.25, 0.3) is 5.69 Å². The minimum absolute atomic E-state index is 0.0669. The van der Waals surface area contributed by atoms with Crippen molar-refractivity contribution in [3.8, 4) is 5.69 Å². The van der Waals surface area contributed by atoms with Crippen LogP contribution >= 0.6 is 0 Å². The van der Waals surface area contributed by atoms with Crippen molar-refractivity contribution in [3.05, 3.63) is 46.0 Å². The van der Waals surface area contributed by atoms with Crippen LogP contribution in [0.25, 0.3) is 5.69 Å². The second kappa shape index (κ2) is 4.88. The van der Waals surface area contributed by atoms with Gasteiger partial charge < -0.3 is 5.11 Å². The molecule has 7 nitrogen and oxygen atoms in total. The van der Waals surface area contributed by atoms with Crippen LogP contribution in [0.4, 0.5) is 10.1 Å². The molecule has 0 aliphatic heterocycles. The number of aliphatic hydroxyl groups excluding tert-OH is 1. The van der Waals surface area contributed by atoms with Gasteiger partial charge in [0, 0.05) is 19.1 Å². The second-order valence-corrected chi connectivity index (χ2v) is 3.52. The molecule has 0 unspecified atom stereocenters. The molecule has 1 N–H and O–H groups in total. The normalized spacial score (nSPS) is 10.6. The molecule has 0 radical (unpaired) electrons. The summed E-state index contributed by atoms with van der Waals surface area (Å²) in [6.45, 7) is -0.0819. The lowest BCUT2D eigenvalue weighted by atomic mass is 10.2. The Hall–Kier alpha value is -2.35. The number of non-ortho nitro benzene ring substituents is 1. The summed E-state index contributed by atoms with van der Waals surface area (Å²) >= 11 is 0. The number of nitro benzene ring substituents is 1. The lowest BCUT2D eigenvalue weighted by Gasteiger charge is -2.01. The van der Waals surface area contributed by atoms with Crippen LogP contribution in [0.2, 0.25) is 0 Å². The monoisotopic (exact) mass is 252 g/mol. The highest BCUT2D eigenvalue weighted by Gasteiger charge is 2.13. The molecule has 0 aliphatic carbocycles. The maximum atomic E-state index is 13.6. The van der Waals surface area contributed by atoms with Crippen LogP contribution in [-0.2, 0) is 6.42 Å². The zero-order chi connectivity index (χ0) is 13.1. The number of nitro groups is 1. The molecule has 0 aliphatic rings. The fourth-order valence-corrected chi connectivity index (χ4v) is 1.44. The van der Waals surface area contributed by atoms with Gasteiger partial charge in [-0.15, -0.1) is 5.10 Å². The maximum Gasteiger partial charge on any atom is 0.272 e. The van der Waals surface area contributed by atoms with Gasteiger partial charge in [0.1, 0.15) is 5.69 Å². The molecular formula is C10H9FN4O3. The van der Waals surface area contributed by atoms with E-state index in [1.165, 1.54) is 23.0 Å². The molecule has 0 spiro atoms. The summed E-state index contributed by atoms with van der Waals surface area (Å²) in [4.78, 5) is 9.79. The highest BCUT2D eigenvalue weighted by atomic mass is 19.1. The van der Waals surface area contributed by atoms with Crippen LogP contribution in [-0.4, -0.2) is 31.6 Å². The number of hydrogen-bond donors (Lipinski definition) is 1. The molecular weight excluding hydrogens is 243 g/mol. The van der Waals surface area contributed by atoms with E-state index in [0.717, 1.165) is 6.07 Å². The predicted octanol–water partition coefficient (Wildman–Crippen LogP) is 0.849. The van der Waals surface area contributed by atoms with Gasteiger partial charge in [-0.25, -0.2) is 9.07 Å². The number of halogens is 1. The molecule has 8 heteroatoms. The van der Waals surface area contributed by atoms with Gasteiger partial charge in [-0.1, -0.05) is 5.21 Å². The van der Waals surface area contributed by atoms with Crippen LogP contribution in [0.15, 0.2) is 24.4 Å². The van der Waals surface area contributed by atoms with E-state index >= 15 is 0 Å². The number of benzene rings is 1. The minimum Gasteiger partial charge on any atom is -0.396 e. The molecule has 2 rings (SSSR count). The van der Waals surface area contributed by atoms with Crippen LogP contribution < -0.4 is 0 Å².